The van der Waals surface area contributed by atoms with Gasteiger partial charge >= 0.3 is 0 Å². The predicted molar refractivity (Wildman–Crippen MR) is 155 cm³/mol. The van der Waals surface area contributed by atoms with Gasteiger partial charge in [0, 0.05) is 16.8 Å². The van der Waals surface area contributed by atoms with Crippen molar-refractivity contribution >= 4 is 39.2 Å². The van der Waals surface area contributed by atoms with Crippen LogP contribution < -0.4 is 10.1 Å². The number of para-hydroxylation sites is 1. The second-order valence-electron chi connectivity index (χ2n) is 9.20. The minimum atomic E-state index is -0.447. The van der Waals surface area contributed by atoms with E-state index in [0.717, 1.165) is 44.7 Å². The zero-order valence-electron chi connectivity index (χ0n) is 21.5. The number of rotatable bonds is 7. The molecule has 0 bridgehead atoms. The van der Waals surface area contributed by atoms with Gasteiger partial charge < -0.3 is 10.1 Å². The Kier molecular flexibility index (Phi) is 7.19. The maximum absolute atomic E-state index is 13.2. The highest BCUT2D eigenvalue weighted by molar-refractivity contribution is 6.11. The van der Waals surface area contributed by atoms with Gasteiger partial charge in [0.2, 0.25) is 0 Å². The molecule has 0 saturated heterocycles. The van der Waals surface area contributed by atoms with Crippen molar-refractivity contribution in [1.82, 2.24) is 0 Å². The molecule has 0 spiro atoms. The fraction of sp³-hybridized carbons (Fsp3) is 0.118. The van der Waals surface area contributed by atoms with Crippen LogP contribution in [0.4, 0.5) is 5.69 Å². The van der Waals surface area contributed by atoms with Gasteiger partial charge in [0.1, 0.15) is 24.0 Å². The molecule has 0 unspecified atom stereocenters. The van der Waals surface area contributed by atoms with Gasteiger partial charge in [-0.2, -0.15) is 5.26 Å². The van der Waals surface area contributed by atoms with Crippen molar-refractivity contribution in [2.75, 3.05) is 5.32 Å². The average molecular weight is 497 g/mol. The summed E-state index contributed by atoms with van der Waals surface area (Å²) < 4.78 is 6.41. The summed E-state index contributed by atoms with van der Waals surface area (Å²) in [4.78, 5) is 13.2. The van der Waals surface area contributed by atoms with E-state index in [9.17, 15) is 10.1 Å². The van der Waals surface area contributed by atoms with Gasteiger partial charge in [-0.25, -0.2) is 0 Å². The second kappa shape index (κ2) is 11.0. The van der Waals surface area contributed by atoms with E-state index < -0.39 is 5.91 Å². The number of fused-ring (bicyclic) bond motifs is 2. The van der Waals surface area contributed by atoms with Crippen molar-refractivity contribution in [1.29, 1.82) is 5.26 Å². The molecule has 4 heteroatoms. The highest BCUT2D eigenvalue weighted by Crippen LogP contribution is 2.32. The number of hydrogen-bond donors (Lipinski definition) is 1. The van der Waals surface area contributed by atoms with Crippen molar-refractivity contribution in [2.45, 2.75) is 26.9 Å². The molecule has 1 amide bonds. The van der Waals surface area contributed by atoms with Crippen molar-refractivity contribution in [3.05, 3.63) is 125 Å². The molecule has 0 fully saturated rings. The Morgan fingerprint density at radius 3 is 2.29 bits per heavy atom. The lowest BCUT2D eigenvalue weighted by molar-refractivity contribution is -0.112. The Bertz CT molecular complexity index is 1730. The van der Waals surface area contributed by atoms with E-state index >= 15 is 0 Å². The SMILES string of the molecule is CCc1ccccc1NC(=O)/C(C#N)=C/c1c(OCc2c(C)ccc3ccccc23)ccc2ccccc12. The Morgan fingerprint density at radius 1 is 0.868 bits per heavy atom. The number of nitriles is 1. The van der Waals surface area contributed by atoms with E-state index in [0.29, 0.717) is 23.6 Å². The summed E-state index contributed by atoms with van der Waals surface area (Å²) in [6, 6.07) is 34.0. The monoisotopic (exact) mass is 496 g/mol. The first kappa shape index (κ1) is 24.8. The van der Waals surface area contributed by atoms with Crippen LogP contribution in [0.2, 0.25) is 0 Å². The fourth-order valence-corrected chi connectivity index (χ4v) is 4.77. The molecule has 1 N–H and O–H groups in total. The molecular formula is C34H28N2O2. The molecule has 0 aromatic heterocycles. The maximum atomic E-state index is 13.2. The highest BCUT2D eigenvalue weighted by atomic mass is 16.5. The van der Waals surface area contributed by atoms with Crippen LogP contribution in [0.3, 0.4) is 0 Å². The summed E-state index contributed by atoms with van der Waals surface area (Å²) in [7, 11) is 0. The summed E-state index contributed by atoms with van der Waals surface area (Å²) in [5.41, 5.74) is 4.70. The van der Waals surface area contributed by atoms with Crippen LogP contribution in [0.5, 0.6) is 5.75 Å². The number of ether oxygens (including phenoxy) is 1. The minimum Gasteiger partial charge on any atom is -0.488 e. The Labute approximate surface area is 222 Å². The van der Waals surface area contributed by atoms with E-state index in [1.165, 1.54) is 0 Å². The fourth-order valence-electron chi connectivity index (χ4n) is 4.77. The summed E-state index contributed by atoms with van der Waals surface area (Å²) in [5.74, 6) is 0.169. The molecular weight excluding hydrogens is 468 g/mol. The van der Waals surface area contributed by atoms with Gasteiger partial charge in [-0.15, -0.1) is 0 Å². The third kappa shape index (κ3) is 5.00. The average Bonchev–Trinajstić information content (AvgIpc) is 2.96. The third-order valence-electron chi connectivity index (χ3n) is 6.88. The van der Waals surface area contributed by atoms with Gasteiger partial charge in [-0.05, 0) is 64.2 Å². The van der Waals surface area contributed by atoms with Gasteiger partial charge in [-0.1, -0.05) is 91.9 Å². The van der Waals surface area contributed by atoms with Crippen LogP contribution in [-0.2, 0) is 17.8 Å². The normalized spacial score (nSPS) is 11.3. The van der Waals surface area contributed by atoms with Crippen LogP contribution in [0.25, 0.3) is 27.6 Å². The number of nitrogens with one attached hydrogen (secondary N) is 1. The summed E-state index contributed by atoms with van der Waals surface area (Å²) in [6.07, 6.45) is 2.41. The van der Waals surface area contributed by atoms with E-state index in [1.54, 1.807) is 6.08 Å². The lowest BCUT2D eigenvalue weighted by atomic mass is 9.99. The third-order valence-corrected chi connectivity index (χ3v) is 6.88. The van der Waals surface area contributed by atoms with Crippen molar-refractivity contribution in [3.63, 3.8) is 0 Å². The first-order valence-corrected chi connectivity index (χ1v) is 12.7. The molecule has 0 aliphatic rings. The molecule has 0 atom stereocenters. The molecule has 38 heavy (non-hydrogen) atoms. The maximum Gasteiger partial charge on any atom is 0.266 e. The molecule has 0 saturated carbocycles. The number of carbonyl (C=O) groups excluding carboxylic acids is 1. The molecule has 0 aliphatic heterocycles. The zero-order valence-corrected chi connectivity index (χ0v) is 21.5. The van der Waals surface area contributed by atoms with Gasteiger partial charge in [0.15, 0.2) is 0 Å². The Hall–Kier alpha value is -4.88. The van der Waals surface area contributed by atoms with E-state index in [-0.39, 0.29) is 5.57 Å². The molecule has 0 aliphatic carbocycles. The van der Waals surface area contributed by atoms with Crippen LogP contribution in [0.15, 0.2) is 103 Å². The summed E-state index contributed by atoms with van der Waals surface area (Å²) >= 11 is 0. The number of nitrogens with zero attached hydrogens (tertiary/aromatic N) is 1. The summed E-state index contributed by atoms with van der Waals surface area (Å²) in [6.45, 7) is 4.48. The van der Waals surface area contributed by atoms with Gasteiger partial charge in [0.25, 0.3) is 5.91 Å². The molecule has 0 heterocycles. The number of aryl methyl sites for hydroxylation is 2. The predicted octanol–water partition coefficient (Wildman–Crippen LogP) is 7.99. The number of hydrogen-bond acceptors (Lipinski definition) is 3. The lowest BCUT2D eigenvalue weighted by Gasteiger charge is -2.15. The number of anilines is 1. The van der Waals surface area contributed by atoms with Crippen molar-refractivity contribution in [2.24, 2.45) is 0 Å². The molecule has 4 nitrogen and oxygen atoms in total. The van der Waals surface area contributed by atoms with Gasteiger partial charge in [0.05, 0.1) is 0 Å². The van der Waals surface area contributed by atoms with Crippen LogP contribution >= 0.6 is 0 Å². The standard InChI is InChI=1S/C34H28N2O2/c1-3-24-10-6-9-15-32(24)36-34(37)27(21-35)20-30-28-13-7-4-12-26(28)18-19-33(30)38-22-31-23(2)16-17-25-11-5-8-14-29(25)31/h4-20H,3,22H2,1-2H3,(H,36,37)/b27-20+. The van der Waals surface area contributed by atoms with E-state index in [4.69, 9.17) is 4.74 Å². The van der Waals surface area contributed by atoms with E-state index in [2.05, 4.69) is 42.6 Å². The number of carbonyl (C=O) groups is 1. The van der Waals surface area contributed by atoms with Crippen molar-refractivity contribution < 1.29 is 9.53 Å². The second-order valence-corrected chi connectivity index (χ2v) is 9.20. The van der Waals surface area contributed by atoms with Gasteiger partial charge in [-0.3, -0.25) is 4.79 Å². The van der Waals surface area contributed by atoms with E-state index in [1.807, 2.05) is 79.7 Å². The molecule has 5 aromatic rings. The quantitative estimate of drug-likeness (QED) is 0.183. The van der Waals surface area contributed by atoms with Crippen LogP contribution in [-0.4, -0.2) is 5.91 Å². The van der Waals surface area contributed by atoms with Crippen molar-refractivity contribution in [3.8, 4) is 11.8 Å². The highest BCUT2D eigenvalue weighted by Gasteiger charge is 2.15. The van der Waals surface area contributed by atoms with Crippen LogP contribution in [0.1, 0.15) is 29.2 Å². The smallest absolute Gasteiger partial charge is 0.266 e. The lowest BCUT2D eigenvalue weighted by Crippen LogP contribution is -2.14. The Morgan fingerprint density at radius 2 is 1.53 bits per heavy atom. The molecule has 5 rings (SSSR count). The number of benzene rings is 5. The zero-order chi connectivity index (χ0) is 26.5. The Balaban J connectivity index is 1.54. The molecule has 5 aromatic carbocycles. The molecule has 186 valence electrons. The summed E-state index contributed by atoms with van der Waals surface area (Å²) in [5, 5.41) is 17.1. The molecule has 0 radical (unpaired) electrons. The topological polar surface area (TPSA) is 62.1 Å². The first-order valence-electron chi connectivity index (χ1n) is 12.7. The first-order chi connectivity index (χ1) is 18.6. The minimum absolute atomic E-state index is 0.0125. The van der Waals surface area contributed by atoms with Crippen LogP contribution in [0, 0.1) is 18.3 Å². The largest absolute Gasteiger partial charge is 0.488 e. The number of amides is 1.